The zero-order chi connectivity index (χ0) is 19.5. The summed E-state index contributed by atoms with van der Waals surface area (Å²) in [7, 11) is 1.54. The van der Waals surface area contributed by atoms with Crippen molar-refractivity contribution in [3.05, 3.63) is 52.5 Å². The van der Waals surface area contributed by atoms with Gasteiger partial charge in [-0.2, -0.15) is 0 Å². The first-order valence-corrected chi connectivity index (χ1v) is 8.92. The van der Waals surface area contributed by atoms with Crippen LogP contribution in [0.3, 0.4) is 0 Å². The molecule has 0 aliphatic carbocycles. The lowest BCUT2D eigenvalue weighted by Crippen LogP contribution is -2.30. The van der Waals surface area contributed by atoms with E-state index in [1.54, 1.807) is 19.1 Å². The van der Waals surface area contributed by atoms with Crippen LogP contribution in [-0.4, -0.2) is 19.1 Å². The summed E-state index contributed by atoms with van der Waals surface area (Å²) in [4.78, 5) is 12.5. The number of hydrogen-bond donors (Lipinski definition) is 1. The molecular formula is C21H26ClNO3. The lowest BCUT2D eigenvalue weighted by atomic mass is 9.87. The number of halogens is 1. The van der Waals surface area contributed by atoms with Gasteiger partial charge in [-0.15, -0.1) is 0 Å². The van der Waals surface area contributed by atoms with Gasteiger partial charge in [0.25, 0.3) is 5.91 Å². The Bertz CT molecular complexity index is 779. The van der Waals surface area contributed by atoms with Crippen molar-refractivity contribution in [2.75, 3.05) is 12.4 Å². The van der Waals surface area contributed by atoms with Gasteiger partial charge in [0.05, 0.1) is 12.8 Å². The van der Waals surface area contributed by atoms with E-state index in [9.17, 15) is 4.79 Å². The molecule has 2 aromatic rings. The topological polar surface area (TPSA) is 47.6 Å². The van der Waals surface area contributed by atoms with Crippen molar-refractivity contribution >= 4 is 23.2 Å². The molecule has 0 saturated heterocycles. The average Bonchev–Trinajstić information content (AvgIpc) is 2.57. The molecule has 5 heteroatoms. The lowest BCUT2D eigenvalue weighted by molar-refractivity contribution is -0.122. The van der Waals surface area contributed by atoms with Gasteiger partial charge in [-0.3, -0.25) is 4.79 Å². The lowest BCUT2D eigenvalue weighted by Gasteiger charge is -2.20. The van der Waals surface area contributed by atoms with Crippen LogP contribution >= 0.6 is 11.6 Å². The molecular weight excluding hydrogens is 350 g/mol. The molecule has 26 heavy (non-hydrogen) atoms. The smallest absolute Gasteiger partial charge is 0.265 e. The van der Waals surface area contributed by atoms with Gasteiger partial charge in [0, 0.05) is 11.1 Å². The Kier molecular flexibility index (Phi) is 6.19. The van der Waals surface area contributed by atoms with Gasteiger partial charge in [-0.1, -0.05) is 44.5 Å². The van der Waals surface area contributed by atoms with Gasteiger partial charge < -0.3 is 14.8 Å². The van der Waals surface area contributed by atoms with E-state index in [-0.39, 0.29) is 11.3 Å². The second kappa shape index (κ2) is 8.00. The van der Waals surface area contributed by atoms with E-state index in [1.165, 1.54) is 12.7 Å². The van der Waals surface area contributed by atoms with Gasteiger partial charge in [0.2, 0.25) is 0 Å². The highest BCUT2D eigenvalue weighted by Crippen LogP contribution is 2.31. The van der Waals surface area contributed by atoms with Crippen LogP contribution in [0, 0.1) is 6.92 Å². The van der Waals surface area contributed by atoms with E-state index in [2.05, 4.69) is 26.1 Å². The number of rotatable bonds is 5. The van der Waals surface area contributed by atoms with Crippen LogP contribution in [0.1, 0.15) is 38.8 Å². The number of methoxy groups -OCH3 is 1. The third-order valence-corrected chi connectivity index (χ3v) is 4.55. The summed E-state index contributed by atoms with van der Waals surface area (Å²) in [5.41, 5.74) is 2.71. The normalized spacial score (nSPS) is 12.4. The van der Waals surface area contributed by atoms with E-state index < -0.39 is 6.10 Å². The van der Waals surface area contributed by atoms with Gasteiger partial charge in [0.1, 0.15) is 11.5 Å². The van der Waals surface area contributed by atoms with Gasteiger partial charge in [0.15, 0.2) is 6.10 Å². The fraction of sp³-hybridized carbons (Fsp3) is 0.381. The third kappa shape index (κ3) is 4.92. The van der Waals surface area contributed by atoms with Crippen molar-refractivity contribution in [2.45, 2.75) is 46.1 Å². The summed E-state index contributed by atoms with van der Waals surface area (Å²) < 4.78 is 11.0. The van der Waals surface area contributed by atoms with E-state index in [4.69, 9.17) is 21.1 Å². The minimum atomic E-state index is -0.656. The number of hydrogen-bond acceptors (Lipinski definition) is 3. The number of carbonyl (C=O) groups excluding carboxylic acids is 1. The monoisotopic (exact) mass is 375 g/mol. The molecule has 0 spiro atoms. The van der Waals surface area contributed by atoms with Crippen molar-refractivity contribution in [3.63, 3.8) is 0 Å². The molecule has 1 atom stereocenters. The number of anilines is 1. The second-order valence-corrected chi connectivity index (χ2v) is 7.73. The zero-order valence-electron chi connectivity index (χ0n) is 16.1. The number of carbonyl (C=O) groups is 1. The maximum atomic E-state index is 12.5. The van der Waals surface area contributed by atoms with Crippen LogP contribution in [0.2, 0.25) is 5.02 Å². The molecule has 0 aromatic heterocycles. The Morgan fingerprint density at radius 1 is 1.15 bits per heavy atom. The van der Waals surface area contributed by atoms with Gasteiger partial charge in [-0.25, -0.2) is 0 Å². The van der Waals surface area contributed by atoms with Crippen LogP contribution in [0.25, 0.3) is 0 Å². The Labute approximate surface area is 160 Å². The summed E-state index contributed by atoms with van der Waals surface area (Å²) in [6, 6.07) is 11.3. The first-order valence-electron chi connectivity index (χ1n) is 8.54. The quantitative estimate of drug-likeness (QED) is 0.765. The predicted octanol–water partition coefficient (Wildman–Crippen LogP) is 5.36. The molecule has 0 aliphatic rings. The molecule has 0 heterocycles. The molecule has 1 unspecified atom stereocenters. The molecule has 0 radical (unpaired) electrons. The minimum absolute atomic E-state index is 0.0739. The summed E-state index contributed by atoms with van der Waals surface area (Å²) >= 11 is 6.10. The number of aryl methyl sites for hydroxylation is 1. The predicted molar refractivity (Wildman–Crippen MR) is 107 cm³/mol. The molecule has 140 valence electrons. The molecule has 4 nitrogen and oxygen atoms in total. The number of ether oxygens (including phenoxy) is 2. The maximum absolute atomic E-state index is 12.5. The van der Waals surface area contributed by atoms with E-state index >= 15 is 0 Å². The molecule has 1 amide bonds. The fourth-order valence-corrected chi connectivity index (χ4v) is 2.61. The molecule has 0 fully saturated rings. The highest BCUT2D eigenvalue weighted by Gasteiger charge is 2.18. The first kappa shape index (κ1) is 20.1. The standard InChI is InChI=1S/C21H26ClNO3/c1-13-11-18(19(25-6)12-17(13)22)23-20(24)14(2)26-16-9-7-15(8-10-16)21(3,4)5/h7-12,14H,1-6H3,(H,23,24). The minimum Gasteiger partial charge on any atom is -0.495 e. The molecule has 2 aromatic carbocycles. The Hall–Kier alpha value is -2.20. The molecule has 0 aliphatic heterocycles. The summed E-state index contributed by atoms with van der Waals surface area (Å²) in [6.45, 7) is 10.0. The Morgan fingerprint density at radius 3 is 2.31 bits per heavy atom. The van der Waals surface area contributed by atoms with Crippen molar-refractivity contribution < 1.29 is 14.3 Å². The maximum Gasteiger partial charge on any atom is 0.265 e. The van der Waals surface area contributed by atoms with Crippen molar-refractivity contribution in [1.82, 2.24) is 0 Å². The number of amides is 1. The SMILES string of the molecule is COc1cc(Cl)c(C)cc1NC(=O)C(C)Oc1ccc(C(C)(C)C)cc1. The fourth-order valence-electron chi connectivity index (χ4n) is 2.46. The van der Waals surface area contributed by atoms with Crippen molar-refractivity contribution in [1.29, 1.82) is 0 Å². The second-order valence-electron chi connectivity index (χ2n) is 7.33. The highest BCUT2D eigenvalue weighted by molar-refractivity contribution is 6.31. The molecule has 1 N–H and O–H groups in total. The summed E-state index contributed by atoms with van der Waals surface area (Å²) in [5, 5.41) is 3.42. The van der Waals surface area contributed by atoms with Crippen LogP contribution in [0.4, 0.5) is 5.69 Å². The van der Waals surface area contributed by atoms with Crippen LogP contribution in [-0.2, 0) is 10.2 Å². The summed E-state index contributed by atoms with van der Waals surface area (Å²) in [6.07, 6.45) is -0.656. The zero-order valence-corrected chi connectivity index (χ0v) is 16.9. The Morgan fingerprint density at radius 2 is 1.77 bits per heavy atom. The van der Waals surface area contributed by atoms with Gasteiger partial charge in [-0.05, 0) is 48.6 Å². The van der Waals surface area contributed by atoms with Crippen molar-refractivity contribution in [3.8, 4) is 11.5 Å². The van der Waals surface area contributed by atoms with E-state index in [0.29, 0.717) is 22.2 Å². The van der Waals surface area contributed by atoms with Crippen molar-refractivity contribution in [2.24, 2.45) is 0 Å². The van der Waals surface area contributed by atoms with E-state index in [0.717, 1.165) is 5.56 Å². The Balaban J connectivity index is 2.07. The third-order valence-electron chi connectivity index (χ3n) is 4.14. The first-order chi connectivity index (χ1) is 12.1. The van der Waals surface area contributed by atoms with E-state index in [1.807, 2.05) is 31.2 Å². The van der Waals surface area contributed by atoms with Crippen LogP contribution < -0.4 is 14.8 Å². The van der Waals surface area contributed by atoms with Crippen LogP contribution in [0.5, 0.6) is 11.5 Å². The summed E-state index contributed by atoms with van der Waals surface area (Å²) in [5.74, 6) is 0.903. The number of benzene rings is 2. The molecule has 2 rings (SSSR count). The largest absolute Gasteiger partial charge is 0.495 e. The number of nitrogens with one attached hydrogen (secondary N) is 1. The van der Waals surface area contributed by atoms with Crippen LogP contribution in [0.15, 0.2) is 36.4 Å². The average molecular weight is 376 g/mol. The van der Waals surface area contributed by atoms with Gasteiger partial charge >= 0.3 is 0 Å². The molecule has 0 saturated carbocycles. The highest BCUT2D eigenvalue weighted by atomic mass is 35.5. The molecule has 0 bridgehead atoms.